The van der Waals surface area contributed by atoms with Gasteiger partial charge in [-0.2, -0.15) is 0 Å². The molecule has 0 aromatic heterocycles. The van der Waals surface area contributed by atoms with Crippen molar-refractivity contribution < 1.29 is 19.1 Å². The van der Waals surface area contributed by atoms with Gasteiger partial charge in [-0.3, -0.25) is 14.4 Å². The summed E-state index contributed by atoms with van der Waals surface area (Å²) >= 11 is 0. The molecule has 182 valence electrons. The highest BCUT2D eigenvalue weighted by atomic mass is 16.5. The molecule has 8 atom stereocenters. The van der Waals surface area contributed by atoms with Crippen LogP contribution in [0.2, 0.25) is 0 Å². The van der Waals surface area contributed by atoms with Crippen LogP contribution < -0.4 is 0 Å². The van der Waals surface area contributed by atoms with Crippen molar-refractivity contribution in [3.63, 3.8) is 0 Å². The smallest absolute Gasteiger partial charge is 0.312 e. The lowest BCUT2D eigenvalue weighted by Gasteiger charge is -2.64. The van der Waals surface area contributed by atoms with Gasteiger partial charge < -0.3 is 4.74 Å². The van der Waals surface area contributed by atoms with Crippen LogP contribution in [-0.2, 0) is 19.1 Å². The van der Waals surface area contributed by atoms with Crippen LogP contribution in [-0.4, -0.2) is 24.6 Å². The monoisotopic (exact) mass is 454 g/mol. The van der Waals surface area contributed by atoms with Crippen LogP contribution in [0.3, 0.4) is 0 Å². The number of carbonyl (C=O) groups is 3. The van der Waals surface area contributed by atoms with E-state index in [0.717, 1.165) is 51.4 Å². The summed E-state index contributed by atoms with van der Waals surface area (Å²) in [7, 11) is 1.51. The fourth-order valence-electron chi connectivity index (χ4n) is 9.63. The molecule has 5 aliphatic carbocycles. The predicted molar refractivity (Wildman–Crippen MR) is 127 cm³/mol. The number of rotatable bonds is 1. The fourth-order valence-corrected chi connectivity index (χ4v) is 9.63. The van der Waals surface area contributed by atoms with Gasteiger partial charge in [0.25, 0.3) is 0 Å². The first-order valence-corrected chi connectivity index (χ1v) is 13.3. The number of fused-ring (bicyclic) bond motifs is 7. The number of ether oxygens (including phenoxy) is 1. The van der Waals surface area contributed by atoms with Gasteiger partial charge in [0.1, 0.15) is 5.78 Å². The molecule has 33 heavy (non-hydrogen) atoms. The van der Waals surface area contributed by atoms with Gasteiger partial charge in [0, 0.05) is 18.3 Å². The predicted octanol–water partition coefficient (Wildman–Crippen LogP) is 5.93. The maximum atomic E-state index is 14.0. The molecule has 0 spiro atoms. The molecule has 0 saturated heterocycles. The summed E-state index contributed by atoms with van der Waals surface area (Å²) in [6, 6.07) is 0. The van der Waals surface area contributed by atoms with Gasteiger partial charge in [0.2, 0.25) is 0 Å². The highest BCUT2D eigenvalue weighted by molar-refractivity contribution is 5.96. The Morgan fingerprint density at radius 3 is 2.27 bits per heavy atom. The zero-order chi connectivity index (χ0) is 24.0. The van der Waals surface area contributed by atoms with Crippen LogP contribution in [0.15, 0.2) is 11.6 Å². The third-order valence-electron chi connectivity index (χ3n) is 11.5. The minimum atomic E-state index is -0.504. The topological polar surface area (TPSA) is 60.4 Å². The lowest BCUT2D eigenvalue weighted by Crippen LogP contribution is -2.61. The van der Waals surface area contributed by atoms with Crippen molar-refractivity contribution >= 4 is 17.5 Å². The van der Waals surface area contributed by atoms with Gasteiger partial charge >= 0.3 is 5.97 Å². The molecule has 0 aromatic rings. The molecule has 4 nitrogen and oxygen atoms in total. The standard InChI is InChI=1S/C29H42O4/c1-17-18-7-10-28(5)19-8-12-29(25(32)33-6)14-13-26(2,3)16-20(29)24(19)22(31)15-23(28)27(18,4)11-9-21(17)30/h15,17-20,24H,7-14,16H2,1-6H3. The first-order chi connectivity index (χ1) is 15.4. The number of esters is 1. The average molecular weight is 455 g/mol. The second-order valence-electron chi connectivity index (χ2n) is 13.5. The van der Waals surface area contributed by atoms with E-state index < -0.39 is 5.41 Å². The van der Waals surface area contributed by atoms with Crippen molar-refractivity contribution in [2.45, 2.75) is 92.4 Å². The van der Waals surface area contributed by atoms with Crippen molar-refractivity contribution in [3.8, 4) is 0 Å². The van der Waals surface area contributed by atoms with Crippen LogP contribution in [0.4, 0.5) is 0 Å². The summed E-state index contributed by atoms with van der Waals surface area (Å²) < 4.78 is 5.38. The van der Waals surface area contributed by atoms with E-state index in [2.05, 4.69) is 34.6 Å². The van der Waals surface area contributed by atoms with Crippen LogP contribution in [0.25, 0.3) is 0 Å². The SMILES string of the molecule is COC(=O)C12CCC3C(C(=O)C=C4C5(C)CCC(=O)C(C)C5CCC43C)C1CC(C)(C)CC2. The second-order valence-corrected chi connectivity index (χ2v) is 13.5. The number of Topliss-reactive ketones (excluding diaryl/α,β-unsaturated/α-hetero) is 1. The highest BCUT2D eigenvalue weighted by Gasteiger charge is 2.66. The number of carbonyl (C=O) groups excluding carboxylic acids is 3. The molecule has 0 aliphatic heterocycles. The van der Waals surface area contributed by atoms with Gasteiger partial charge in [0.05, 0.1) is 12.5 Å². The third-order valence-corrected chi connectivity index (χ3v) is 11.5. The lowest BCUT2D eigenvalue weighted by molar-refractivity contribution is -0.178. The van der Waals surface area contributed by atoms with Gasteiger partial charge in [-0.25, -0.2) is 0 Å². The molecular weight excluding hydrogens is 412 g/mol. The minimum absolute atomic E-state index is 0.0200. The molecule has 0 heterocycles. The van der Waals surface area contributed by atoms with Crippen LogP contribution >= 0.6 is 0 Å². The van der Waals surface area contributed by atoms with E-state index in [1.54, 1.807) is 0 Å². The minimum Gasteiger partial charge on any atom is -0.469 e. The molecule has 0 amide bonds. The average Bonchev–Trinajstić information content (AvgIpc) is 2.76. The maximum Gasteiger partial charge on any atom is 0.312 e. The summed E-state index contributed by atoms with van der Waals surface area (Å²) in [5.74, 6) is 1.23. The van der Waals surface area contributed by atoms with E-state index in [1.807, 2.05) is 6.08 Å². The molecular formula is C29H42O4. The zero-order valence-electron chi connectivity index (χ0n) is 21.5. The quantitative estimate of drug-likeness (QED) is 0.461. The Morgan fingerprint density at radius 1 is 0.909 bits per heavy atom. The van der Waals surface area contributed by atoms with E-state index in [0.29, 0.717) is 18.1 Å². The maximum absolute atomic E-state index is 14.0. The lowest BCUT2D eigenvalue weighted by atomic mass is 9.39. The second kappa shape index (κ2) is 7.28. The molecule has 5 rings (SSSR count). The summed E-state index contributed by atoms with van der Waals surface area (Å²) in [4.78, 5) is 39.8. The molecule has 0 aromatic carbocycles. The normalized spacial score (nSPS) is 48.5. The Kier molecular flexibility index (Phi) is 5.14. The van der Waals surface area contributed by atoms with Gasteiger partial charge in [-0.05, 0) is 91.4 Å². The zero-order valence-corrected chi connectivity index (χ0v) is 21.5. The third kappa shape index (κ3) is 3.04. The van der Waals surface area contributed by atoms with E-state index in [4.69, 9.17) is 4.74 Å². The molecule has 4 saturated carbocycles. The summed E-state index contributed by atoms with van der Waals surface area (Å²) in [6.07, 6.45) is 10.2. The molecule has 4 heteroatoms. The van der Waals surface area contributed by atoms with Crippen molar-refractivity contribution in [1.82, 2.24) is 0 Å². The van der Waals surface area contributed by atoms with Crippen molar-refractivity contribution in [1.29, 1.82) is 0 Å². The van der Waals surface area contributed by atoms with Crippen molar-refractivity contribution in [2.75, 3.05) is 7.11 Å². The molecule has 4 fully saturated rings. The number of ketones is 2. The van der Waals surface area contributed by atoms with Crippen LogP contribution in [0.5, 0.6) is 0 Å². The molecule has 0 N–H and O–H groups in total. The Hall–Kier alpha value is -1.45. The van der Waals surface area contributed by atoms with Crippen LogP contribution in [0, 0.1) is 51.2 Å². The summed E-state index contributed by atoms with van der Waals surface area (Å²) in [5, 5.41) is 0. The first kappa shape index (κ1) is 23.3. The van der Waals surface area contributed by atoms with Gasteiger partial charge in [-0.1, -0.05) is 40.2 Å². The molecule has 8 unspecified atom stereocenters. The van der Waals surface area contributed by atoms with E-state index in [1.165, 1.54) is 12.7 Å². The first-order valence-electron chi connectivity index (χ1n) is 13.3. The van der Waals surface area contributed by atoms with E-state index in [9.17, 15) is 14.4 Å². The van der Waals surface area contributed by atoms with Crippen molar-refractivity contribution in [3.05, 3.63) is 11.6 Å². The van der Waals surface area contributed by atoms with Crippen LogP contribution in [0.1, 0.15) is 92.4 Å². The summed E-state index contributed by atoms with van der Waals surface area (Å²) in [5.41, 5.74) is 0.878. The molecule has 5 aliphatic rings. The van der Waals surface area contributed by atoms with Gasteiger partial charge in [0.15, 0.2) is 5.78 Å². The Bertz CT molecular complexity index is 930. The number of hydrogen-bond acceptors (Lipinski definition) is 4. The molecule has 0 bridgehead atoms. The van der Waals surface area contributed by atoms with E-state index >= 15 is 0 Å². The Morgan fingerprint density at radius 2 is 1.58 bits per heavy atom. The van der Waals surface area contributed by atoms with Gasteiger partial charge in [-0.15, -0.1) is 0 Å². The van der Waals surface area contributed by atoms with E-state index in [-0.39, 0.29) is 51.7 Å². The Labute approximate surface area is 199 Å². The number of hydrogen-bond donors (Lipinski definition) is 0. The Balaban J connectivity index is 1.60. The molecule has 0 radical (unpaired) electrons. The highest BCUT2D eigenvalue weighted by Crippen LogP contribution is 2.69. The largest absolute Gasteiger partial charge is 0.469 e. The van der Waals surface area contributed by atoms with Crippen molar-refractivity contribution in [2.24, 2.45) is 51.2 Å². The summed E-state index contributed by atoms with van der Waals surface area (Å²) in [6.45, 7) is 11.4. The number of methoxy groups -OCH3 is 1. The number of allylic oxidation sites excluding steroid dienone is 2. The fraction of sp³-hybridized carbons (Fsp3) is 0.828.